The number of fused-ring (bicyclic) bond motifs is 1. The smallest absolute Gasteiger partial charge is 0.295 e. The summed E-state index contributed by atoms with van der Waals surface area (Å²) in [7, 11) is -4.25. The lowest BCUT2D eigenvalue weighted by Crippen LogP contribution is -2.44. The summed E-state index contributed by atoms with van der Waals surface area (Å²) in [6.07, 6.45) is -5.44. The third-order valence-corrected chi connectivity index (χ3v) is 8.18. The van der Waals surface area contributed by atoms with Crippen molar-refractivity contribution >= 4 is 15.8 Å². The second kappa shape index (κ2) is 7.31. The Bertz CT molecular complexity index is 1150. The summed E-state index contributed by atoms with van der Waals surface area (Å²) in [6, 6.07) is 12.3. The van der Waals surface area contributed by atoms with Crippen molar-refractivity contribution in [2.24, 2.45) is 5.41 Å². The molecule has 0 radical (unpaired) electrons. The first kappa shape index (κ1) is 21.8. The number of hydrogen-bond acceptors (Lipinski definition) is 3. The van der Waals surface area contributed by atoms with Crippen LogP contribution in [0.2, 0.25) is 0 Å². The number of hydrogen-bond donors (Lipinski definition) is 0. The average Bonchev–Trinajstić information content (AvgIpc) is 3.20. The summed E-state index contributed by atoms with van der Waals surface area (Å²) in [5, 5.41) is 0. The number of Topliss-reactive ketones (excluding diaryl/α,β-unsaturated/α-hetero) is 1. The highest BCUT2D eigenvalue weighted by Crippen LogP contribution is 2.65. The lowest BCUT2D eigenvalue weighted by atomic mass is 9.74. The highest BCUT2D eigenvalue weighted by Gasteiger charge is 2.71. The molecule has 0 saturated carbocycles. The van der Waals surface area contributed by atoms with Gasteiger partial charge in [0.1, 0.15) is 5.41 Å². The van der Waals surface area contributed by atoms with E-state index in [0.29, 0.717) is 0 Å². The molecule has 0 N–H and O–H groups in total. The van der Waals surface area contributed by atoms with Gasteiger partial charge in [0, 0.05) is 13.0 Å². The Hall–Kier alpha value is -2.45. The van der Waals surface area contributed by atoms with Gasteiger partial charge in [0.15, 0.2) is 5.78 Å². The lowest BCUT2D eigenvalue weighted by Gasteiger charge is -2.37. The standard InChI is InChI=1S/C23H22F3NO3S/c1-3-18-19-14-27(31(29,30)17-11-9-15(2)10-12-17)21(16-7-5-4-6-8-16)22(19,13-20(18)28)23(24,25)26/h4-12,21H,3,13-14H2,1-2H3/t21-,22+/m1/s1. The van der Waals surface area contributed by atoms with Crippen molar-refractivity contribution < 1.29 is 26.4 Å². The topological polar surface area (TPSA) is 54.5 Å². The van der Waals surface area contributed by atoms with Gasteiger partial charge in [-0.05, 0) is 42.2 Å². The molecule has 8 heteroatoms. The fraction of sp³-hybridized carbons (Fsp3) is 0.348. The van der Waals surface area contributed by atoms with E-state index >= 15 is 0 Å². The average molecular weight is 449 g/mol. The van der Waals surface area contributed by atoms with Crippen LogP contribution in [0.5, 0.6) is 0 Å². The predicted octanol–water partition coefficient (Wildman–Crippen LogP) is 4.97. The molecule has 1 fully saturated rings. The molecule has 1 heterocycles. The molecular formula is C23H22F3NO3S. The van der Waals surface area contributed by atoms with Crippen LogP contribution in [0.3, 0.4) is 0 Å². The lowest BCUT2D eigenvalue weighted by molar-refractivity contribution is -0.217. The first-order valence-corrected chi connectivity index (χ1v) is 11.4. The highest BCUT2D eigenvalue weighted by molar-refractivity contribution is 7.89. The number of rotatable bonds is 4. The number of ketones is 1. The Morgan fingerprint density at radius 1 is 1.06 bits per heavy atom. The van der Waals surface area contributed by atoms with Gasteiger partial charge in [-0.15, -0.1) is 0 Å². The summed E-state index contributed by atoms with van der Waals surface area (Å²) < 4.78 is 72.2. The number of sulfonamides is 1. The second-order valence-corrected chi connectivity index (χ2v) is 9.95. The summed E-state index contributed by atoms with van der Waals surface area (Å²) in [6.45, 7) is 2.97. The summed E-state index contributed by atoms with van der Waals surface area (Å²) in [4.78, 5) is 12.5. The van der Waals surface area contributed by atoms with E-state index in [4.69, 9.17) is 0 Å². The van der Waals surface area contributed by atoms with Crippen molar-refractivity contribution in [1.82, 2.24) is 4.31 Å². The van der Waals surface area contributed by atoms with Crippen LogP contribution >= 0.6 is 0 Å². The molecule has 2 aromatic rings. The van der Waals surface area contributed by atoms with Crippen LogP contribution in [0.25, 0.3) is 0 Å². The third-order valence-electron chi connectivity index (χ3n) is 6.35. The van der Waals surface area contributed by atoms with Crippen molar-refractivity contribution in [2.45, 2.75) is 43.8 Å². The van der Waals surface area contributed by atoms with Crippen molar-refractivity contribution in [2.75, 3.05) is 6.54 Å². The minimum atomic E-state index is -4.80. The number of aryl methyl sites for hydroxylation is 1. The van der Waals surface area contributed by atoms with Gasteiger partial charge in [0.25, 0.3) is 0 Å². The van der Waals surface area contributed by atoms with Crippen molar-refractivity contribution in [3.63, 3.8) is 0 Å². The molecule has 1 saturated heterocycles. The minimum absolute atomic E-state index is 0.0682. The van der Waals surface area contributed by atoms with E-state index in [0.717, 1.165) is 9.87 Å². The molecule has 0 aromatic heterocycles. The fourth-order valence-electron chi connectivity index (χ4n) is 4.89. The van der Waals surface area contributed by atoms with Crippen LogP contribution in [0.15, 0.2) is 70.6 Å². The maximum atomic E-state index is 14.7. The maximum Gasteiger partial charge on any atom is 0.400 e. The molecule has 1 aliphatic carbocycles. The van der Waals surface area contributed by atoms with Crippen molar-refractivity contribution in [1.29, 1.82) is 0 Å². The largest absolute Gasteiger partial charge is 0.400 e. The van der Waals surface area contributed by atoms with Gasteiger partial charge in [0.2, 0.25) is 10.0 Å². The third kappa shape index (κ3) is 3.15. The Labute approximate surface area is 179 Å². The van der Waals surface area contributed by atoms with E-state index in [2.05, 4.69) is 0 Å². The summed E-state index contributed by atoms with van der Waals surface area (Å²) in [5.41, 5.74) is -1.52. The Morgan fingerprint density at radius 3 is 2.23 bits per heavy atom. The van der Waals surface area contributed by atoms with Crippen LogP contribution in [0.4, 0.5) is 13.2 Å². The Morgan fingerprint density at radius 2 is 1.68 bits per heavy atom. The minimum Gasteiger partial charge on any atom is -0.295 e. The molecule has 4 rings (SSSR count). The van der Waals surface area contributed by atoms with Crippen LogP contribution in [0.1, 0.15) is 36.9 Å². The summed E-state index contributed by atoms with van der Waals surface area (Å²) >= 11 is 0. The molecule has 0 amide bonds. The molecular weight excluding hydrogens is 427 g/mol. The van der Waals surface area contributed by atoms with Crippen molar-refractivity contribution in [3.8, 4) is 0 Å². The fourth-order valence-corrected chi connectivity index (χ4v) is 6.52. The van der Waals surface area contributed by atoms with Crippen molar-refractivity contribution in [3.05, 3.63) is 76.9 Å². The zero-order valence-electron chi connectivity index (χ0n) is 17.1. The highest BCUT2D eigenvalue weighted by atomic mass is 32.2. The summed E-state index contributed by atoms with van der Waals surface area (Å²) in [5.74, 6) is -0.553. The van der Waals surface area contributed by atoms with Gasteiger partial charge in [-0.3, -0.25) is 4.79 Å². The first-order valence-electron chi connectivity index (χ1n) is 10.00. The van der Waals surface area contributed by atoms with Crippen LogP contribution < -0.4 is 0 Å². The number of benzene rings is 2. The molecule has 0 unspecified atom stereocenters. The normalized spacial score (nSPS) is 24.7. The quantitative estimate of drug-likeness (QED) is 0.662. The Kier molecular flexibility index (Phi) is 5.13. The van der Waals surface area contributed by atoms with E-state index < -0.39 is 46.4 Å². The molecule has 0 spiro atoms. The number of carbonyl (C=O) groups is 1. The Balaban J connectivity index is 2.00. The first-order chi connectivity index (χ1) is 14.5. The van der Waals surface area contributed by atoms with Crippen LogP contribution in [0, 0.1) is 12.3 Å². The second-order valence-electron chi connectivity index (χ2n) is 8.06. The van der Waals surface area contributed by atoms with Crippen LogP contribution in [-0.4, -0.2) is 31.2 Å². The number of allylic oxidation sites excluding steroid dienone is 1. The van der Waals surface area contributed by atoms with E-state index in [1.807, 2.05) is 0 Å². The molecule has 164 valence electrons. The number of carbonyl (C=O) groups excluding carboxylic acids is 1. The predicted molar refractivity (Wildman–Crippen MR) is 110 cm³/mol. The number of nitrogens with zero attached hydrogens (tertiary/aromatic N) is 1. The van der Waals surface area contributed by atoms with Gasteiger partial charge in [-0.25, -0.2) is 8.42 Å². The van der Waals surface area contributed by atoms with Crippen LogP contribution in [-0.2, 0) is 14.8 Å². The number of alkyl halides is 3. The monoisotopic (exact) mass is 449 g/mol. The zero-order chi connectivity index (χ0) is 22.6. The molecule has 4 nitrogen and oxygen atoms in total. The number of halogens is 3. The van der Waals surface area contributed by atoms with Gasteiger partial charge < -0.3 is 0 Å². The SMILES string of the molecule is CCC1=C2CN(S(=O)(=O)c3ccc(C)cc3)[C@H](c3ccccc3)[C@]2(C(F)(F)F)CC1=O. The molecule has 31 heavy (non-hydrogen) atoms. The van der Waals surface area contributed by atoms with E-state index in [-0.39, 0.29) is 28.0 Å². The van der Waals surface area contributed by atoms with Gasteiger partial charge in [-0.1, -0.05) is 55.0 Å². The van der Waals surface area contributed by atoms with E-state index in [1.165, 1.54) is 24.3 Å². The van der Waals surface area contributed by atoms with E-state index in [9.17, 15) is 26.4 Å². The van der Waals surface area contributed by atoms with Gasteiger partial charge >= 0.3 is 6.18 Å². The van der Waals surface area contributed by atoms with Gasteiger partial charge in [0.05, 0.1) is 10.9 Å². The molecule has 2 aliphatic rings. The maximum absolute atomic E-state index is 14.7. The molecule has 0 bridgehead atoms. The van der Waals surface area contributed by atoms with E-state index in [1.54, 1.807) is 44.2 Å². The van der Waals surface area contributed by atoms with Gasteiger partial charge in [-0.2, -0.15) is 17.5 Å². The zero-order valence-corrected chi connectivity index (χ0v) is 17.9. The molecule has 1 aliphatic heterocycles. The molecule has 2 aromatic carbocycles. The molecule has 2 atom stereocenters.